The van der Waals surface area contributed by atoms with Crippen LogP contribution in [0.2, 0.25) is 0 Å². The molecule has 0 aliphatic carbocycles. The molecule has 2 N–H and O–H groups in total. The Morgan fingerprint density at radius 3 is 2.32 bits per heavy atom. The first-order chi connectivity index (χ1) is 11.9. The summed E-state index contributed by atoms with van der Waals surface area (Å²) in [6.45, 7) is 1.12. The number of likely N-dealkylation sites (tertiary alicyclic amines) is 1. The fraction of sp³-hybridized carbons (Fsp3) is 0.368. The molecular weight excluding hydrogens is 329 g/mol. The molecule has 2 aromatic carbocycles. The molecule has 2 aromatic rings. The molecule has 3 rings (SSSR count). The molecule has 0 radical (unpaired) electrons. The van der Waals surface area contributed by atoms with E-state index in [2.05, 4.69) is 17.0 Å². The lowest BCUT2D eigenvalue weighted by Gasteiger charge is -2.16. The lowest BCUT2D eigenvalue weighted by atomic mass is 9.95. The van der Waals surface area contributed by atoms with E-state index in [0.717, 1.165) is 25.2 Å². The molecule has 25 heavy (non-hydrogen) atoms. The third kappa shape index (κ3) is 4.96. The van der Waals surface area contributed by atoms with Crippen molar-refractivity contribution < 1.29 is 17.9 Å². The van der Waals surface area contributed by atoms with E-state index in [9.17, 15) is 13.2 Å². The van der Waals surface area contributed by atoms with E-state index in [-0.39, 0.29) is 11.8 Å². The summed E-state index contributed by atoms with van der Waals surface area (Å²) in [5, 5.41) is 0. The summed E-state index contributed by atoms with van der Waals surface area (Å²) in [7, 11) is 0. The van der Waals surface area contributed by atoms with Crippen LogP contribution in [-0.2, 0) is 6.54 Å². The molecule has 0 saturated carbocycles. The highest BCUT2D eigenvalue weighted by Gasteiger charge is 2.31. The van der Waals surface area contributed by atoms with Crippen molar-refractivity contribution in [3.63, 3.8) is 0 Å². The zero-order valence-electron chi connectivity index (χ0n) is 13.7. The summed E-state index contributed by atoms with van der Waals surface area (Å²) < 4.78 is 41.2. The number of hydrogen-bond acceptors (Lipinski definition) is 3. The molecule has 134 valence electrons. The second-order valence-corrected chi connectivity index (χ2v) is 6.42. The van der Waals surface area contributed by atoms with Gasteiger partial charge in [0.25, 0.3) is 0 Å². The van der Waals surface area contributed by atoms with Gasteiger partial charge in [-0.25, -0.2) is 0 Å². The van der Waals surface area contributed by atoms with Crippen LogP contribution in [0.3, 0.4) is 0 Å². The maximum Gasteiger partial charge on any atom is 0.422 e. The van der Waals surface area contributed by atoms with E-state index in [0.29, 0.717) is 5.92 Å². The first kappa shape index (κ1) is 17.8. The Labute approximate surface area is 145 Å². The number of nitrogens with zero attached hydrogens (tertiary/aromatic N) is 1. The summed E-state index contributed by atoms with van der Waals surface area (Å²) in [6.07, 6.45) is -4.32. The van der Waals surface area contributed by atoms with Crippen molar-refractivity contribution >= 4 is 0 Å². The number of nitrogens with two attached hydrogens (primary N) is 1. The number of ether oxygens (including phenoxy) is 1. The molecule has 1 aliphatic rings. The van der Waals surface area contributed by atoms with E-state index >= 15 is 0 Å². The van der Waals surface area contributed by atoms with E-state index in [1.54, 1.807) is 24.3 Å². The van der Waals surface area contributed by atoms with Crippen LogP contribution in [0.5, 0.6) is 5.75 Å². The average Bonchev–Trinajstić information content (AvgIpc) is 2.95. The Morgan fingerprint density at radius 2 is 1.68 bits per heavy atom. The maximum absolute atomic E-state index is 12.2. The molecule has 2 atom stereocenters. The smallest absolute Gasteiger partial charge is 0.422 e. The minimum Gasteiger partial charge on any atom is -0.484 e. The second-order valence-electron chi connectivity index (χ2n) is 6.42. The van der Waals surface area contributed by atoms with Crippen LogP contribution in [0.25, 0.3) is 0 Å². The SMILES string of the molecule is N[C@@H]1CN(Cc2ccc(OCC(F)(F)F)cc2)C[C@H]1c1ccccc1. The van der Waals surface area contributed by atoms with Crippen LogP contribution in [0, 0.1) is 0 Å². The average molecular weight is 350 g/mol. The highest BCUT2D eigenvalue weighted by Crippen LogP contribution is 2.27. The molecule has 3 nitrogen and oxygen atoms in total. The number of halogens is 3. The summed E-state index contributed by atoms with van der Waals surface area (Å²) in [4.78, 5) is 2.27. The third-order valence-electron chi connectivity index (χ3n) is 4.40. The molecule has 1 heterocycles. The standard InChI is InChI=1S/C19H21F3N2O/c20-19(21,22)13-25-16-8-6-14(7-9-16)10-24-11-17(18(23)12-24)15-4-2-1-3-5-15/h1-9,17-18H,10-13,23H2/t17-,18+/m0/s1. The second kappa shape index (κ2) is 7.45. The molecule has 1 aliphatic heterocycles. The first-order valence-electron chi connectivity index (χ1n) is 8.22. The van der Waals surface area contributed by atoms with Crippen LogP contribution >= 0.6 is 0 Å². The Balaban J connectivity index is 1.56. The summed E-state index contributed by atoms with van der Waals surface area (Å²) in [5.74, 6) is 0.525. The fourth-order valence-electron chi connectivity index (χ4n) is 3.21. The van der Waals surface area contributed by atoms with Gasteiger partial charge in [-0.3, -0.25) is 4.90 Å². The van der Waals surface area contributed by atoms with Crippen molar-refractivity contribution in [1.82, 2.24) is 4.90 Å². The van der Waals surface area contributed by atoms with Gasteiger partial charge in [0.15, 0.2) is 6.61 Å². The molecule has 1 fully saturated rings. The van der Waals surface area contributed by atoms with Gasteiger partial charge in [0.05, 0.1) is 0 Å². The predicted molar refractivity (Wildman–Crippen MR) is 90.4 cm³/mol. The monoisotopic (exact) mass is 350 g/mol. The molecular formula is C19H21F3N2O. The van der Waals surface area contributed by atoms with E-state index in [4.69, 9.17) is 10.5 Å². The minimum atomic E-state index is -4.32. The lowest BCUT2D eigenvalue weighted by molar-refractivity contribution is -0.153. The van der Waals surface area contributed by atoms with Gasteiger partial charge in [-0.05, 0) is 23.3 Å². The number of benzene rings is 2. The van der Waals surface area contributed by atoms with E-state index in [1.165, 1.54) is 5.56 Å². The van der Waals surface area contributed by atoms with Crippen molar-refractivity contribution in [2.45, 2.75) is 24.7 Å². The number of alkyl halides is 3. The van der Waals surface area contributed by atoms with Crippen molar-refractivity contribution in [2.24, 2.45) is 5.73 Å². The normalized spacial score (nSPS) is 21.4. The van der Waals surface area contributed by atoms with Crippen molar-refractivity contribution in [2.75, 3.05) is 19.7 Å². The van der Waals surface area contributed by atoms with E-state index < -0.39 is 12.8 Å². The summed E-state index contributed by atoms with van der Waals surface area (Å²) in [6, 6.07) is 17.1. The van der Waals surface area contributed by atoms with Gasteiger partial charge in [-0.15, -0.1) is 0 Å². The van der Waals surface area contributed by atoms with E-state index in [1.807, 2.05) is 18.2 Å². The van der Waals surface area contributed by atoms with Crippen LogP contribution in [0.4, 0.5) is 13.2 Å². The Hall–Kier alpha value is -2.05. The summed E-state index contributed by atoms with van der Waals surface area (Å²) >= 11 is 0. The van der Waals surface area contributed by atoms with Crippen LogP contribution in [0.1, 0.15) is 17.0 Å². The topological polar surface area (TPSA) is 38.5 Å². The lowest BCUT2D eigenvalue weighted by Crippen LogP contribution is -2.28. The Bertz CT molecular complexity index is 673. The highest BCUT2D eigenvalue weighted by molar-refractivity contribution is 5.28. The molecule has 0 aromatic heterocycles. The predicted octanol–water partition coefficient (Wildman–Crippen LogP) is 3.55. The van der Waals surface area contributed by atoms with Gasteiger partial charge in [0.2, 0.25) is 0 Å². The Kier molecular flexibility index (Phi) is 5.30. The van der Waals surface area contributed by atoms with Gasteiger partial charge in [0, 0.05) is 31.6 Å². The van der Waals surface area contributed by atoms with Gasteiger partial charge in [0.1, 0.15) is 5.75 Å². The largest absolute Gasteiger partial charge is 0.484 e. The van der Waals surface area contributed by atoms with Gasteiger partial charge in [-0.2, -0.15) is 13.2 Å². The molecule has 0 amide bonds. The first-order valence-corrected chi connectivity index (χ1v) is 8.22. The van der Waals surface area contributed by atoms with Gasteiger partial charge in [-0.1, -0.05) is 42.5 Å². The zero-order chi connectivity index (χ0) is 17.9. The Morgan fingerprint density at radius 1 is 1.00 bits per heavy atom. The summed E-state index contributed by atoms with van der Waals surface area (Å²) in [5.41, 5.74) is 8.56. The third-order valence-corrected chi connectivity index (χ3v) is 4.40. The number of rotatable bonds is 5. The highest BCUT2D eigenvalue weighted by atomic mass is 19.4. The molecule has 1 saturated heterocycles. The van der Waals surface area contributed by atoms with Crippen molar-refractivity contribution in [3.05, 3.63) is 65.7 Å². The van der Waals surface area contributed by atoms with Gasteiger partial charge < -0.3 is 10.5 Å². The number of hydrogen-bond donors (Lipinski definition) is 1. The maximum atomic E-state index is 12.2. The molecule has 0 spiro atoms. The fourth-order valence-corrected chi connectivity index (χ4v) is 3.21. The zero-order valence-corrected chi connectivity index (χ0v) is 13.7. The van der Waals surface area contributed by atoms with Crippen molar-refractivity contribution in [1.29, 1.82) is 0 Å². The van der Waals surface area contributed by atoms with Crippen molar-refractivity contribution in [3.8, 4) is 5.75 Å². The quantitative estimate of drug-likeness (QED) is 0.896. The van der Waals surface area contributed by atoms with Crippen LogP contribution < -0.4 is 10.5 Å². The molecule has 6 heteroatoms. The minimum absolute atomic E-state index is 0.0804. The van der Waals surface area contributed by atoms with Crippen LogP contribution in [0.15, 0.2) is 54.6 Å². The molecule has 0 bridgehead atoms. The van der Waals surface area contributed by atoms with Crippen LogP contribution in [-0.4, -0.2) is 36.8 Å². The molecule has 0 unspecified atom stereocenters. The van der Waals surface area contributed by atoms with Gasteiger partial charge >= 0.3 is 6.18 Å².